The van der Waals surface area contributed by atoms with Crippen LogP contribution in [0.4, 0.5) is 0 Å². The van der Waals surface area contributed by atoms with Crippen molar-refractivity contribution < 1.29 is 23.8 Å². The fraction of sp³-hybridized carbons (Fsp3) is 0.738. The maximum absolute atomic E-state index is 12.8. The zero-order valence-corrected chi connectivity index (χ0v) is 43.7. The van der Waals surface area contributed by atoms with Gasteiger partial charge in [-0.25, -0.2) is 0 Å². The molecule has 380 valence electrons. The van der Waals surface area contributed by atoms with Crippen LogP contribution < -0.4 is 0 Å². The van der Waals surface area contributed by atoms with Gasteiger partial charge in [0.15, 0.2) is 6.10 Å². The monoisotopic (exact) mass is 919 g/mol. The summed E-state index contributed by atoms with van der Waals surface area (Å²) in [4.78, 5) is 25.5. The highest BCUT2D eigenvalue weighted by Gasteiger charge is 2.17. The van der Waals surface area contributed by atoms with Gasteiger partial charge in [0.2, 0.25) is 0 Å². The van der Waals surface area contributed by atoms with Gasteiger partial charge in [0, 0.05) is 19.4 Å². The molecule has 0 heterocycles. The predicted octanol–water partition coefficient (Wildman–Crippen LogP) is 19.2. The minimum atomic E-state index is -0.562. The highest BCUT2D eigenvalue weighted by molar-refractivity contribution is 5.70. The first-order valence-corrected chi connectivity index (χ1v) is 28.1. The molecule has 0 fully saturated rings. The summed E-state index contributed by atoms with van der Waals surface area (Å²) in [6.45, 7) is 7.67. The molecule has 0 aliphatic heterocycles. The van der Waals surface area contributed by atoms with Gasteiger partial charge in [-0.05, 0) is 96.3 Å². The van der Waals surface area contributed by atoms with E-state index in [1.165, 1.54) is 128 Å². The summed E-state index contributed by atoms with van der Waals surface area (Å²) < 4.78 is 17.4. The van der Waals surface area contributed by atoms with Gasteiger partial charge >= 0.3 is 11.9 Å². The van der Waals surface area contributed by atoms with Gasteiger partial charge in [0.05, 0.1) is 6.61 Å². The molecule has 0 rings (SSSR count). The maximum Gasteiger partial charge on any atom is 0.306 e. The van der Waals surface area contributed by atoms with E-state index in [9.17, 15) is 9.59 Å². The molecule has 0 spiro atoms. The van der Waals surface area contributed by atoms with E-state index in [1.807, 2.05) is 0 Å². The van der Waals surface area contributed by atoms with E-state index in [0.717, 1.165) is 103 Å². The van der Waals surface area contributed by atoms with Crippen molar-refractivity contribution >= 4 is 11.9 Å². The number of hydrogen-bond acceptors (Lipinski definition) is 5. The number of rotatable bonds is 51. The second-order valence-electron chi connectivity index (χ2n) is 18.5. The van der Waals surface area contributed by atoms with Crippen molar-refractivity contribution in [3.8, 4) is 0 Å². The molecule has 66 heavy (non-hydrogen) atoms. The Morgan fingerprint density at radius 3 is 1.14 bits per heavy atom. The fourth-order valence-corrected chi connectivity index (χ4v) is 7.74. The number of allylic oxidation sites excluding steroid dienone is 14. The summed E-state index contributed by atoms with van der Waals surface area (Å²) in [5.74, 6) is -0.444. The molecule has 0 amide bonds. The average molecular weight is 920 g/mol. The maximum atomic E-state index is 12.8. The number of unbranched alkanes of at least 4 members (excludes halogenated alkanes) is 26. The first kappa shape index (κ1) is 63.1. The molecule has 0 N–H and O–H groups in total. The molecule has 0 aromatic rings. The van der Waals surface area contributed by atoms with Gasteiger partial charge in [0.25, 0.3) is 0 Å². The smallest absolute Gasteiger partial charge is 0.306 e. The van der Waals surface area contributed by atoms with Crippen LogP contribution in [-0.2, 0) is 23.8 Å². The second kappa shape index (κ2) is 56.4. The van der Waals surface area contributed by atoms with Crippen molar-refractivity contribution in [3.63, 3.8) is 0 Å². The molecule has 0 aliphatic carbocycles. The summed E-state index contributed by atoms with van der Waals surface area (Å²) >= 11 is 0. The van der Waals surface area contributed by atoms with Crippen LogP contribution in [0.15, 0.2) is 85.1 Å². The third kappa shape index (κ3) is 53.7. The standard InChI is InChI=1S/C61H106O5/c1-4-7-10-13-16-19-22-25-28-30-31-32-34-37-40-43-46-49-52-55-61(63)66-59(57-64-56-53-50-47-44-41-38-35-29-26-23-20-17-14-11-8-5-2)58-65-60(62)54-51-48-45-42-39-36-33-27-24-21-18-15-12-9-6-3/h7,10,16,18-19,21,25,27-28,31-33,37,40,59H,4-6,8-9,11-15,17,20,22-24,26,29-30,34-36,38-39,41-58H2,1-3H3/b10-7-,19-16-,21-18-,28-25-,32-31-,33-27-,40-37-/t59-/m1/s1. The van der Waals surface area contributed by atoms with Gasteiger partial charge in [0.1, 0.15) is 6.61 Å². The molecule has 0 aromatic heterocycles. The Kier molecular flexibility index (Phi) is 53.9. The first-order chi connectivity index (χ1) is 32.6. The van der Waals surface area contributed by atoms with Crippen molar-refractivity contribution in [1.29, 1.82) is 0 Å². The lowest BCUT2D eigenvalue weighted by atomic mass is 10.0. The van der Waals surface area contributed by atoms with E-state index >= 15 is 0 Å². The predicted molar refractivity (Wildman–Crippen MR) is 288 cm³/mol. The number of carbonyl (C=O) groups is 2. The van der Waals surface area contributed by atoms with E-state index < -0.39 is 6.10 Å². The molecule has 0 aliphatic rings. The van der Waals surface area contributed by atoms with Crippen molar-refractivity contribution in [2.24, 2.45) is 0 Å². The van der Waals surface area contributed by atoms with E-state index in [0.29, 0.717) is 19.4 Å². The number of esters is 2. The Bertz CT molecular complexity index is 1220. The average Bonchev–Trinajstić information content (AvgIpc) is 3.32. The van der Waals surface area contributed by atoms with Crippen LogP contribution in [0.5, 0.6) is 0 Å². The van der Waals surface area contributed by atoms with Crippen LogP contribution in [0.3, 0.4) is 0 Å². The van der Waals surface area contributed by atoms with Crippen molar-refractivity contribution in [2.75, 3.05) is 19.8 Å². The molecular weight excluding hydrogens is 813 g/mol. The third-order valence-electron chi connectivity index (χ3n) is 11.9. The minimum Gasteiger partial charge on any atom is -0.462 e. The van der Waals surface area contributed by atoms with Crippen LogP contribution in [0.2, 0.25) is 0 Å². The Labute approximate surface area is 409 Å². The highest BCUT2D eigenvalue weighted by atomic mass is 16.6. The lowest BCUT2D eigenvalue weighted by Gasteiger charge is -2.18. The minimum absolute atomic E-state index is 0.0634. The molecule has 0 saturated heterocycles. The van der Waals surface area contributed by atoms with E-state index in [1.54, 1.807) is 0 Å². The Morgan fingerprint density at radius 1 is 0.348 bits per heavy atom. The fourth-order valence-electron chi connectivity index (χ4n) is 7.74. The molecular formula is C61H106O5. The Balaban J connectivity index is 4.36. The van der Waals surface area contributed by atoms with E-state index in [2.05, 4.69) is 106 Å². The lowest BCUT2D eigenvalue weighted by Crippen LogP contribution is -2.30. The quantitative estimate of drug-likeness (QED) is 0.0346. The van der Waals surface area contributed by atoms with Crippen LogP contribution in [0.1, 0.15) is 265 Å². The van der Waals surface area contributed by atoms with Gasteiger partial charge in [-0.15, -0.1) is 0 Å². The second-order valence-corrected chi connectivity index (χ2v) is 18.5. The largest absolute Gasteiger partial charge is 0.462 e. The van der Waals surface area contributed by atoms with Crippen molar-refractivity contribution in [2.45, 2.75) is 271 Å². The van der Waals surface area contributed by atoms with Gasteiger partial charge in [-0.2, -0.15) is 0 Å². The van der Waals surface area contributed by atoms with Crippen molar-refractivity contribution in [1.82, 2.24) is 0 Å². The van der Waals surface area contributed by atoms with Crippen LogP contribution >= 0.6 is 0 Å². The highest BCUT2D eigenvalue weighted by Crippen LogP contribution is 2.15. The molecule has 5 nitrogen and oxygen atoms in total. The lowest BCUT2D eigenvalue weighted by molar-refractivity contribution is -0.163. The topological polar surface area (TPSA) is 61.8 Å². The van der Waals surface area contributed by atoms with Crippen LogP contribution in [-0.4, -0.2) is 37.9 Å². The summed E-state index contributed by atoms with van der Waals surface area (Å²) in [5.41, 5.74) is 0. The first-order valence-electron chi connectivity index (χ1n) is 28.1. The molecule has 0 unspecified atom stereocenters. The van der Waals surface area contributed by atoms with Gasteiger partial charge in [-0.3, -0.25) is 9.59 Å². The third-order valence-corrected chi connectivity index (χ3v) is 11.9. The van der Waals surface area contributed by atoms with Gasteiger partial charge in [-0.1, -0.05) is 241 Å². The SMILES string of the molecule is CC/C=C\C/C=C\C/C=C\C/C=C\C/C=C\CCCCCC(=O)O[C@H](COCCCCCCCCCCCCCCCCCC)COC(=O)CCCCCCC/C=C\C/C=C\CCCCC. The van der Waals surface area contributed by atoms with Crippen LogP contribution in [0.25, 0.3) is 0 Å². The Hall–Kier alpha value is -2.92. The normalized spacial score (nSPS) is 12.8. The molecule has 1 atom stereocenters. The molecule has 0 aromatic carbocycles. The van der Waals surface area contributed by atoms with Gasteiger partial charge < -0.3 is 14.2 Å². The van der Waals surface area contributed by atoms with E-state index in [4.69, 9.17) is 14.2 Å². The van der Waals surface area contributed by atoms with Crippen molar-refractivity contribution in [3.05, 3.63) is 85.1 Å². The number of ether oxygens (including phenoxy) is 3. The molecule has 0 bridgehead atoms. The number of carbonyl (C=O) groups excluding carboxylic acids is 2. The zero-order chi connectivity index (χ0) is 47.7. The number of hydrogen-bond donors (Lipinski definition) is 0. The zero-order valence-electron chi connectivity index (χ0n) is 43.7. The summed E-state index contributed by atoms with van der Waals surface area (Å²) in [6, 6.07) is 0. The summed E-state index contributed by atoms with van der Waals surface area (Å²) in [6.07, 6.45) is 74.5. The Morgan fingerprint density at radius 2 is 0.682 bits per heavy atom. The molecule has 5 heteroatoms. The van der Waals surface area contributed by atoms with E-state index in [-0.39, 0.29) is 25.2 Å². The summed E-state index contributed by atoms with van der Waals surface area (Å²) in [7, 11) is 0. The summed E-state index contributed by atoms with van der Waals surface area (Å²) in [5, 5.41) is 0. The van der Waals surface area contributed by atoms with Crippen LogP contribution in [0, 0.1) is 0 Å². The molecule has 0 radical (unpaired) electrons. The molecule has 0 saturated carbocycles.